The van der Waals surface area contributed by atoms with Gasteiger partial charge in [0.25, 0.3) is 9.12 Å². The number of nitrogens with zero attached hydrogens (tertiary/aromatic N) is 2. The van der Waals surface area contributed by atoms with Crippen LogP contribution in [0.15, 0.2) is 11.8 Å². The Labute approximate surface area is 86.9 Å². The van der Waals surface area contributed by atoms with E-state index in [0.717, 1.165) is 5.20 Å². The maximum atomic E-state index is 11.2. The average Bonchev–Trinajstić information content (AvgIpc) is 2.03. The van der Waals surface area contributed by atoms with Crippen molar-refractivity contribution >= 4 is 20.9 Å². The topological polar surface area (TPSA) is 40.6 Å². The molecule has 2 amide bonds. The lowest BCUT2D eigenvalue weighted by molar-refractivity contribution is -0.125. The van der Waals surface area contributed by atoms with Gasteiger partial charge in [0.05, 0.1) is 0 Å². The van der Waals surface area contributed by atoms with Gasteiger partial charge in [-0.25, -0.2) is 0 Å². The lowest BCUT2D eigenvalue weighted by atomic mass is 10.7. The number of hydrogen-bond acceptors (Lipinski definition) is 2. The van der Waals surface area contributed by atoms with Gasteiger partial charge < -0.3 is 9.13 Å². The normalized spacial score (nSPS) is 9.86. The van der Waals surface area contributed by atoms with Gasteiger partial charge in [-0.05, 0) is 6.92 Å². The van der Waals surface area contributed by atoms with Crippen LogP contribution in [0, 0.1) is 0 Å². The van der Waals surface area contributed by atoms with Gasteiger partial charge in [0.1, 0.15) is 0 Å². The Kier molecular flexibility index (Phi) is 4.56. The van der Waals surface area contributed by atoms with Crippen LogP contribution in [-0.4, -0.2) is 44.2 Å². The van der Waals surface area contributed by atoms with Crippen LogP contribution in [-0.2, 0) is 9.59 Å². The molecule has 0 aromatic rings. The highest BCUT2D eigenvalue weighted by Gasteiger charge is 2.26. The molecule has 0 N–H and O–H groups in total. The summed E-state index contributed by atoms with van der Waals surface area (Å²) in [6.07, 6.45) is 0. The molecule has 0 aromatic carbocycles. The largest absolute Gasteiger partial charge is 0.354 e. The highest BCUT2D eigenvalue weighted by atomic mass is 28.3. The summed E-state index contributed by atoms with van der Waals surface area (Å²) in [5.41, 5.74) is 0. The van der Waals surface area contributed by atoms with Crippen molar-refractivity contribution in [3.63, 3.8) is 0 Å². The van der Waals surface area contributed by atoms with Gasteiger partial charge in [-0.3, -0.25) is 9.59 Å². The van der Waals surface area contributed by atoms with Crippen LogP contribution in [0.2, 0.25) is 0 Å². The summed E-state index contributed by atoms with van der Waals surface area (Å²) < 4.78 is 3.26. The molecule has 0 fully saturated rings. The molecule has 0 aliphatic rings. The second-order valence-corrected chi connectivity index (χ2v) is 6.76. The van der Waals surface area contributed by atoms with Crippen molar-refractivity contribution in [3.8, 4) is 0 Å². The number of carbonyl (C=O) groups excluding carboxylic acids is 2. The van der Waals surface area contributed by atoms with E-state index in [1.54, 1.807) is 23.2 Å². The van der Waals surface area contributed by atoms with Gasteiger partial charge in [-0.1, -0.05) is 5.20 Å². The van der Waals surface area contributed by atoms with E-state index in [9.17, 15) is 9.59 Å². The highest BCUT2D eigenvalue weighted by molar-refractivity contribution is 6.65. The molecule has 4 nitrogen and oxygen atoms in total. The third-order valence-electron chi connectivity index (χ3n) is 2.17. The van der Waals surface area contributed by atoms with Crippen LogP contribution in [0.3, 0.4) is 0 Å². The third kappa shape index (κ3) is 2.99. The number of amides is 2. The zero-order valence-corrected chi connectivity index (χ0v) is 10.7. The van der Waals surface area contributed by atoms with E-state index in [2.05, 4.69) is 6.58 Å². The average molecular weight is 214 g/mol. The molecular weight excluding hydrogens is 196 g/mol. The number of carbonyl (C=O) groups is 2. The summed E-state index contributed by atoms with van der Waals surface area (Å²) in [5.74, 6) is -0.0597. The lowest BCUT2D eigenvalue weighted by Crippen LogP contribution is -2.53. The van der Waals surface area contributed by atoms with Crippen LogP contribution in [0.4, 0.5) is 0 Å². The fourth-order valence-electron chi connectivity index (χ4n) is 1.27. The van der Waals surface area contributed by atoms with E-state index >= 15 is 0 Å². The van der Waals surface area contributed by atoms with E-state index in [4.69, 9.17) is 0 Å². The summed E-state index contributed by atoms with van der Waals surface area (Å²) >= 11 is 0. The van der Waals surface area contributed by atoms with Gasteiger partial charge in [0, 0.05) is 27.9 Å². The van der Waals surface area contributed by atoms with E-state index in [-0.39, 0.29) is 11.8 Å². The summed E-state index contributed by atoms with van der Waals surface area (Å²) in [5, 5.41) is 0.903. The minimum Gasteiger partial charge on any atom is -0.354 e. The molecule has 0 saturated carbocycles. The minimum absolute atomic E-state index is 0.0298. The SMILES string of the molecule is C=C(C)[SiH](N(C)C(C)=O)N(C)C(C)=O. The first-order valence-corrected chi connectivity index (χ1v) is 6.02. The molecule has 0 atom stereocenters. The predicted octanol–water partition coefficient (Wildman–Crippen LogP) is 0.279. The van der Waals surface area contributed by atoms with Crippen molar-refractivity contribution in [2.75, 3.05) is 14.1 Å². The molecule has 14 heavy (non-hydrogen) atoms. The van der Waals surface area contributed by atoms with Crippen molar-refractivity contribution in [2.45, 2.75) is 20.8 Å². The van der Waals surface area contributed by atoms with Gasteiger partial charge in [-0.2, -0.15) is 0 Å². The molecule has 0 radical (unpaired) electrons. The summed E-state index contributed by atoms with van der Waals surface area (Å²) in [6, 6.07) is 0. The number of rotatable bonds is 3. The Hall–Kier alpha value is -1.10. The molecule has 0 heterocycles. The Balaban J connectivity index is 4.86. The first-order valence-electron chi connectivity index (χ1n) is 4.41. The standard InChI is InChI=1S/C9H18N2O2Si/c1-7(2)14(10(5)8(3)12)11(6)9(4)13/h14H,1H2,2-6H3. The van der Waals surface area contributed by atoms with E-state index < -0.39 is 9.12 Å². The van der Waals surface area contributed by atoms with Crippen LogP contribution in [0.1, 0.15) is 20.8 Å². The molecule has 0 spiro atoms. The van der Waals surface area contributed by atoms with Crippen molar-refractivity contribution < 1.29 is 9.59 Å². The smallest absolute Gasteiger partial charge is 0.280 e. The molecular formula is C9H18N2O2Si. The molecule has 0 saturated heterocycles. The zero-order valence-electron chi connectivity index (χ0n) is 9.50. The Morgan fingerprint density at radius 3 is 1.43 bits per heavy atom. The monoisotopic (exact) mass is 214 g/mol. The van der Waals surface area contributed by atoms with Crippen molar-refractivity contribution in [2.24, 2.45) is 0 Å². The van der Waals surface area contributed by atoms with Crippen molar-refractivity contribution in [3.05, 3.63) is 11.8 Å². The maximum Gasteiger partial charge on any atom is 0.280 e. The molecule has 80 valence electrons. The Morgan fingerprint density at radius 1 is 1.00 bits per heavy atom. The molecule has 0 aromatic heterocycles. The Morgan fingerprint density at radius 2 is 1.29 bits per heavy atom. The second kappa shape index (κ2) is 4.95. The predicted molar refractivity (Wildman–Crippen MR) is 58.9 cm³/mol. The quantitative estimate of drug-likeness (QED) is 0.633. The number of hydrogen-bond donors (Lipinski definition) is 0. The fraction of sp³-hybridized carbons (Fsp3) is 0.556. The molecule has 5 heteroatoms. The second-order valence-electron chi connectivity index (χ2n) is 3.48. The molecule has 0 bridgehead atoms. The minimum atomic E-state index is -1.84. The summed E-state index contributed by atoms with van der Waals surface area (Å²) in [7, 11) is 1.59. The third-order valence-corrected chi connectivity index (χ3v) is 5.24. The van der Waals surface area contributed by atoms with Crippen LogP contribution < -0.4 is 0 Å². The van der Waals surface area contributed by atoms with Crippen LogP contribution >= 0.6 is 0 Å². The van der Waals surface area contributed by atoms with Crippen molar-refractivity contribution in [1.82, 2.24) is 9.13 Å². The highest BCUT2D eigenvalue weighted by Crippen LogP contribution is 2.06. The Bertz CT molecular complexity index is 246. The van der Waals surface area contributed by atoms with E-state index in [1.807, 2.05) is 6.92 Å². The van der Waals surface area contributed by atoms with Gasteiger partial charge in [0.15, 0.2) is 0 Å². The lowest BCUT2D eigenvalue weighted by Gasteiger charge is -2.32. The maximum absolute atomic E-state index is 11.2. The van der Waals surface area contributed by atoms with Gasteiger partial charge in [-0.15, -0.1) is 6.58 Å². The van der Waals surface area contributed by atoms with E-state index in [0.29, 0.717) is 0 Å². The molecule has 0 unspecified atom stereocenters. The summed E-state index contributed by atoms with van der Waals surface area (Å²) in [6.45, 7) is 8.69. The number of allylic oxidation sites excluding steroid dienone is 1. The molecule has 0 aliphatic heterocycles. The first kappa shape index (κ1) is 12.9. The van der Waals surface area contributed by atoms with Crippen LogP contribution in [0.25, 0.3) is 0 Å². The molecule has 0 rings (SSSR count). The zero-order chi connectivity index (χ0) is 11.5. The van der Waals surface area contributed by atoms with Crippen molar-refractivity contribution in [1.29, 1.82) is 0 Å². The molecule has 0 aliphatic carbocycles. The van der Waals surface area contributed by atoms with Gasteiger partial charge >= 0.3 is 0 Å². The fourth-order valence-corrected chi connectivity index (χ4v) is 3.80. The van der Waals surface area contributed by atoms with Gasteiger partial charge in [0.2, 0.25) is 11.8 Å². The van der Waals surface area contributed by atoms with E-state index in [1.165, 1.54) is 13.8 Å². The first-order chi connectivity index (χ1) is 6.29. The van der Waals surface area contributed by atoms with Crippen LogP contribution in [0.5, 0.6) is 0 Å². The summed E-state index contributed by atoms with van der Waals surface area (Å²) in [4.78, 5) is 22.4.